The van der Waals surface area contributed by atoms with Crippen LogP contribution in [0.4, 0.5) is 0 Å². The average molecular weight is 354 g/mol. The molecule has 5 nitrogen and oxygen atoms in total. The number of hydrogen-bond donors (Lipinski definition) is 2. The molecule has 0 aliphatic carbocycles. The van der Waals surface area contributed by atoms with Crippen molar-refractivity contribution < 1.29 is 17.5 Å². The smallest absolute Gasteiger partial charge is 0.306 e. The third-order valence-corrected chi connectivity index (χ3v) is 3.99. The summed E-state index contributed by atoms with van der Waals surface area (Å²) >= 11 is 0. The van der Waals surface area contributed by atoms with E-state index >= 15 is 0 Å². The fourth-order valence-corrected chi connectivity index (χ4v) is 2.68. The Morgan fingerprint density at radius 2 is 1.13 bits per heavy atom. The first kappa shape index (κ1) is 25.1. The van der Waals surface area contributed by atoms with Gasteiger partial charge < -0.3 is 4.90 Å². The minimum atomic E-state index is -4.67. The molecule has 142 valence electrons. The van der Waals surface area contributed by atoms with Crippen LogP contribution in [0.5, 0.6) is 0 Å². The van der Waals surface area contributed by atoms with Crippen molar-refractivity contribution in [3.05, 3.63) is 0 Å². The SMILES string of the molecule is CCCCCCCCCCCC(CCC)N(C)C.O=S(=O)(O)O. The quantitative estimate of drug-likeness (QED) is 0.360. The lowest BCUT2D eigenvalue weighted by Gasteiger charge is -2.23. The maximum Gasteiger partial charge on any atom is 0.394 e. The molecular weight excluding hydrogens is 314 g/mol. The fraction of sp³-hybridized carbons (Fsp3) is 1.00. The first-order valence-electron chi connectivity index (χ1n) is 9.08. The number of hydrogen-bond acceptors (Lipinski definition) is 3. The standard InChI is InChI=1S/C17H37N.H2O4S/c1-5-7-8-9-10-11-12-13-14-16-17(15-6-2)18(3)4;1-5(2,3)4/h17H,5-16H2,1-4H3;(H2,1,2,3,4). The van der Waals surface area contributed by atoms with Gasteiger partial charge >= 0.3 is 10.4 Å². The van der Waals surface area contributed by atoms with Gasteiger partial charge in [-0.25, -0.2) is 0 Å². The third-order valence-electron chi connectivity index (χ3n) is 3.99. The van der Waals surface area contributed by atoms with Gasteiger partial charge in [0.15, 0.2) is 0 Å². The lowest BCUT2D eigenvalue weighted by Crippen LogP contribution is -2.27. The Hall–Kier alpha value is -0.170. The summed E-state index contributed by atoms with van der Waals surface area (Å²) in [6, 6.07) is 0.819. The normalized spacial score (nSPS) is 12.8. The Morgan fingerprint density at radius 1 is 0.739 bits per heavy atom. The molecule has 23 heavy (non-hydrogen) atoms. The second kappa shape index (κ2) is 16.7. The van der Waals surface area contributed by atoms with Crippen molar-refractivity contribution in [2.75, 3.05) is 14.1 Å². The molecule has 0 spiro atoms. The van der Waals surface area contributed by atoms with Gasteiger partial charge in [0.05, 0.1) is 0 Å². The van der Waals surface area contributed by atoms with E-state index in [2.05, 4.69) is 32.8 Å². The van der Waals surface area contributed by atoms with Crippen LogP contribution in [0.3, 0.4) is 0 Å². The highest BCUT2D eigenvalue weighted by atomic mass is 32.3. The van der Waals surface area contributed by atoms with Gasteiger partial charge in [-0.3, -0.25) is 9.11 Å². The van der Waals surface area contributed by atoms with E-state index in [9.17, 15) is 0 Å². The average Bonchev–Trinajstić information content (AvgIpc) is 2.42. The van der Waals surface area contributed by atoms with Crippen molar-refractivity contribution in [2.45, 2.75) is 96.9 Å². The van der Waals surface area contributed by atoms with Gasteiger partial charge in [0.25, 0.3) is 0 Å². The number of nitrogens with zero attached hydrogens (tertiary/aromatic N) is 1. The zero-order valence-corrected chi connectivity index (χ0v) is 16.4. The number of rotatable bonds is 13. The van der Waals surface area contributed by atoms with Crippen molar-refractivity contribution in [3.8, 4) is 0 Å². The molecule has 1 atom stereocenters. The molecule has 0 aromatic carbocycles. The first-order valence-corrected chi connectivity index (χ1v) is 10.5. The summed E-state index contributed by atoms with van der Waals surface area (Å²) in [6.07, 6.45) is 17.1. The van der Waals surface area contributed by atoms with Crippen LogP contribution < -0.4 is 0 Å². The minimum absolute atomic E-state index is 0.819. The van der Waals surface area contributed by atoms with Gasteiger partial charge in [-0.05, 0) is 26.9 Å². The lowest BCUT2D eigenvalue weighted by atomic mass is 10.0. The molecule has 0 bridgehead atoms. The van der Waals surface area contributed by atoms with Crippen LogP contribution in [0.1, 0.15) is 90.9 Å². The van der Waals surface area contributed by atoms with Crippen LogP contribution in [0.15, 0.2) is 0 Å². The highest BCUT2D eigenvalue weighted by molar-refractivity contribution is 7.79. The van der Waals surface area contributed by atoms with Gasteiger partial charge in [0.2, 0.25) is 0 Å². The Kier molecular flexibility index (Phi) is 18.2. The summed E-state index contributed by atoms with van der Waals surface area (Å²) < 4.78 is 31.6. The molecule has 0 aromatic heterocycles. The molecule has 0 heterocycles. The van der Waals surface area contributed by atoms with Crippen LogP contribution in [-0.4, -0.2) is 42.6 Å². The van der Waals surface area contributed by atoms with Gasteiger partial charge in [-0.1, -0.05) is 78.1 Å². The first-order chi connectivity index (χ1) is 10.7. The van der Waals surface area contributed by atoms with E-state index in [1.165, 1.54) is 77.0 Å². The summed E-state index contributed by atoms with van der Waals surface area (Å²) in [6.45, 7) is 4.59. The minimum Gasteiger partial charge on any atom is -0.306 e. The van der Waals surface area contributed by atoms with Crippen molar-refractivity contribution in [2.24, 2.45) is 0 Å². The zero-order valence-electron chi connectivity index (χ0n) is 15.6. The zero-order chi connectivity index (χ0) is 18.1. The molecular formula is C17H39NO4S. The van der Waals surface area contributed by atoms with E-state index in [-0.39, 0.29) is 0 Å². The highest BCUT2D eigenvalue weighted by Crippen LogP contribution is 2.15. The Labute approximate surface area is 144 Å². The molecule has 0 amide bonds. The maximum atomic E-state index is 8.74. The second-order valence-corrected chi connectivity index (χ2v) is 7.37. The molecule has 0 aliphatic rings. The topological polar surface area (TPSA) is 77.8 Å². The summed E-state index contributed by atoms with van der Waals surface area (Å²) in [4.78, 5) is 2.41. The molecule has 0 saturated heterocycles. The van der Waals surface area contributed by atoms with E-state index in [1.807, 2.05) is 0 Å². The molecule has 2 N–H and O–H groups in total. The largest absolute Gasteiger partial charge is 0.394 e. The van der Waals surface area contributed by atoms with E-state index in [0.717, 1.165) is 6.04 Å². The Balaban J connectivity index is 0. The summed E-state index contributed by atoms with van der Waals surface area (Å²) in [5, 5.41) is 0. The Bertz CT molecular complexity index is 323. The van der Waals surface area contributed by atoms with Crippen LogP contribution in [0.25, 0.3) is 0 Å². The predicted molar refractivity (Wildman–Crippen MR) is 98.4 cm³/mol. The van der Waals surface area contributed by atoms with Crippen LogP contribution in [-0.2, 0) is 10.4 Å². The van der Waals surface area contributed by atoms with Crippen LogP contribution in [0, 0.1) is 0 Å². The molecule has 1 unspecified atom stereocenters. The summed E-state index contributed by atoms with van der Waals surface area (Å²) in [5.74, 6) is 0. The second-order valence-electron chi connectivity index (χ2n) is 6.47. The van der Waals surface area contributed by atoms with Crippen molar-refractivity contribution in [3.63, 3.8) is 0 Å². The maximum absolute atomic E-state index is 8.74. The number of unbranched alkanes of at least 4 members (excludes halogenated alkanes) is 8. The van der Waals surface area contributed by atoms with Crippen LogP contribution in [0.2, 0.25) is 0 Å². The molecule has 0 saturated carbocycles. The summed E-state index contributed by atoms with van der Waals surface area (Å²) in [5.41, 5.74) is 0. The van der Waals surface area contributed by atoms with Crippen LogP contribution >= 0.6 is 0 Å². The Morgan fingerprint density at radius 3 is 1.48 bits per heavy atom. The van der Waals surface area contributed by atoms with Gasteiger partial charge in [-0.15, -0.1) is 0 Å². The lowest BCUT2D eigenvalue weighted by molar-refractivity contribution is 0.256. The van der Waals surface area contributed by atoms with E-state index < -0.39 is 10.4 Å². The van der Waals surface area contributed by atoms with Gasteiger partial charge in [0, 0.05) is 6.04 Å². The fourth-order valence-electron chi connectivity index (χ4n) is 2.68. The predicted octanol–water partition coefficient (Wildman–Crippen LogP) is 4.98. The molecule has 0 rings (SSSR count). The monoisotopic (exact) mass is 353 g/mol. The van der Waals surface area contributed by atoms with Crippen molar-refractivity contribution in [1.82, 2.24) is 4.90 Å². The van der Waals surface area contributed by atoms with Gasteiger partial charge in [0.1, 0.15) is 0 Å². The van der Waals surface area contributed by atoms with Crippen molar-refractivity contribution in [1.29, 1.82) is 0 Å². The van der Waals surface area contributed by atoms with E-state index in [1.54, 1.807) is 0 Å². The molecule has 0 aliphatic heterocycles. The van der Waals surface area contributed by atoms with E-state index in [0.29, 0.717) is 0 Å². The van der Waals surface area contributed by atoms with Gasteiger partial charge in [-0.2, -0.15) is 8.42 Å². The molecule has 0 radical (unpaired) electrons. The molecule has 0 fully saturated rings. The summed E-state index contributed by atoms with van der Waals surface area (Å²) in [7, 11) is -0.206. The van der Waals surface area contributed by atoms with Crippen molar-refractivity contribution >= 4 is 10.4 Å². The molecule has 6 heteroatoms. The third kappa shape index (κ3) is 27.0. The van der Waals surface area contributed by atoms with E-state index in [4.69, 9.17) is 17.5 Å². The highest BCUT2D eigenvalue weighted by Gasteiger charge is 2.08. The molecule has 0 aromatic rings.